The molecule has 0 bridgehead atoms. The van der Waals surface area contributed by atoms with Crippen molar-refractivity contribution in [2.24, 2.45) is 0 Å². The largest absolute Gasteiger partial charge is 0.385 e. The molecule has 1 heterocycles. The second-order valence-corrected chi connectivity index (χ2v) is 6.60. The minimum Gasteiger partial charge on any atom is -0.385 e. The van der Waals surface area contributed by atoms with E-state index in [0.717, 1.165) is 18.4 Å². The molecule has 2 amide bonds. The Hall–Kier alpha value is -2.11. The Balaban J connectivity index is 1.53. The predicted octanol–water partition coefficient (Wildman–Crippen LogP) is 3.69. The average molecular weight is 346 g/mol. The van der Waals surface area contributed by atoms with Gasteiger partial charge in [0.05, 0.1) is 22.5 Å². The van der Waals surface area contributed by atoms with Crippen molar-refractivity contribution < 1.29 is 9.90 Å². The number of urea groups is 1. The number of nitrogens with zero attached hydrogens (tertiary/aromatic N) is 1. The molecule has 0 unspecified atom stereocenters. The molecule has 1 aromatic heterocycles. The lowest BCUT2D eigenvalue weighted by molar-refractivity contribution is -0.00717. The number of hydrogen-bond acceptors (Lipinski definition) is 3. The lowest BCUT2D eigenvalue weighted by Gasteiger charge is -2.36. The van der Waals surface area contributed by atoms with Crippen LogP contribution in [-0.2, 0) is 5.60 Å². The van der Waals surface area contributed by atoms with Gasteiger partial charge in [0.25, 0.3) is 0 Å². The van der Waals surface area contributed by atoms with Crippen molar-refractivity contribution >= 4 is 23.3 Å². The van der Waals surface area contributed by atoms with E-state index in [1.54, 1.807) is 12.3 Å². The van der Waals surface area contributed by atoms with Crippen LogP contribution in [0.5, 0.6) is 0 Å². The minimum absolute atomic E-state index is 0.0427. The molecular weight excluding hydrogens is 326 g/mol. The molecule has 0 radical (unpaired) electrons. The van der Waals surface area contributed by atoms with E-state index in [1.165, 1.54) is 6.20 Å². The van der Waals surface area contributed by atoms with Gasteiger partial charge in [-0.3, -0.25) is 4.98 Å². The van der Waals surface area contributed by atoms with Crippen molar-refractivity contribution in [3.8, 4) is 0 Å². The number of benzene rings is 1. The van der Waals surface area contributed by atoms with Crippen LogP contribution < -0.4 is 10.6 Å². The number of hydrogen-bond donors (Lipinski definition) is 3. The Kier molecular flexibility index (Phi) is 5.02. The smallest absolute Gasteiger partial charge is 0.319 e. The maximum absolute atomic E-state index is 12.1. The number of pyridine rings is 1. The van der Waals surface area contributed by atoms with Crippen LogP contribution in [0.3, 0.4) is 0 Å². The van der Waals surface area contributed by atoms with Crippen molar-refractivity contribution in [1.82, 2.24) is 10.3 Å². The summed E-state index contributed by atoms with van der Waals surface area (Å²) in [6, 6.07) is 11.1. The molecule has 2 aromatic rings. The van der Waals surface area contributed by atoms with E-state index in [1.807, 2.05) is 30.3 Å². The lowest BCUT2D eigenvalue weighted by atomic mass is 9.78. The maximum Gasteiger partial charge on any atom is 0.319 e. The van der Waals surface area contributed by atoms with Crippen LogP contribution in [-0.4, -0.2) is 22.2 Å². The van der Waals surface area contributed by atoms with Gasteiger partial charge in [-0.25, -0.2) is 4.79 Å². The van der Waals surface area contributed by atoms with Crippen LogP contribution in [0.4, 0.5) is 10.5 Å². The van der Waals surface area contributed by atoms with Gasteiger partial charge in [0.15, 0.2) is 0 Å². The number of nitrogens with one attached hydrogen (secondary N) is 2. The molecule has 126 valence electrons. The summed E-state index contributed by atoms with van der Waals surface area (Å²) < 4.78 is 0. The zero-order chi connectivity index (χ0) is 17.0. The van der Waals surface area contributed by atoms with E-state index in [4.69, 9.17) is 11.6 Å². The Morgan fingerprint density at radius 2 is 1.92 bits per heavy atom. The standard InChI is InChI=1S/C18H20ClN3O2/c19-14-10-16(12-20-11-14)22-17(23)21-15-6-8-18(24,9-7-15)13-4-2-1-3-5-13/h1-5,10-12,15,24H,6-9H2,(H2,21,22,23). The highest BCUT2D eigenvalue weighted by molar-refractivity contribution is 6.30. The van der Waals surface area contributed by atoms with Crippen LogP contribution in [0.25, 0.3) is 0 Å². The molecule has 1 aliphatic rings. The summed E-state index contributed by atoms with van der Waals surface area (Å²) in [5.74, 6) is 0. The molecule has 3 N–H and O–H groups in total. The molecule has 0 spiro atoms. The number of aromatic nitrogens is 1. The number of anilines is 1. The highest BCUT2D eigenvalue weighted by Crippen LogP contribution is 2.36. The van der Waals surface area contributed by atoms with Crippen molar-refractivity contribution in [3.05, 3.63) is 59.4 Å². The zero-order valence-electron chi connectivity index (χ0n) is 13.2. The van der Waals surface area contributed by atoms with Gasteiger partial charge in [-0.05, 0) is 37.3 Å². The molecule has 1 fully saturated rings. The van der Waals surface area contributed by atoms with E-state index in [9.17, 15) is 9.90 Å². The van der Waals surface area contributed by atoms with Gasteiger partial charge in [0.2, 0.25) is 0 Å². The van der Waals surface area contributed by atoms with Gasteiger partial charge in [-0.15, -0.1) is 0 Å². The van der Waals surface area contributed by atoms with Gasteiger partial charge in [0.1, 0.15) is 0 Å². The monoisotopic (exact) mass is 345 g/mol. The summed E-state index contributed by atoms with van der Waals surface area (Å²) in [7, 11) is 0. The molecule has 1 aliphatic carbocycles. The molecule has 3 rings (SSSR count). The number of carbonyl (C=O) groups is 1. The van der Waals surface area contributed by atoms with E-state index in [2.05, 4.69) is 15.6 Å². The molecule has 6 heteroatoms. The average Bonchev–Trinajstić information content (AvgIpc) is 2.58. The van der Waals surface area contributed by atoms with Gasteiger partial charge < -0.3 is 15.7 Å². The Labute approximate surface area is 146 Å². The SMILES string of the molecule is O=C(Nc1cncc(Cl)c1)NC1CCC(O)(c2ccccc2)CC1. The number of aliphatic hydroxyl groups is 1. The van der Waals surface area contributed by atoms with Gasteiger partial charge in [-0.2, -0.15) is 0 Å². The van der Waals surface area contributed by atoms with Crippen LogP contribution in [0.15, 0.2) is 48.8 Å². The molecule has 0 atom stereocenters. The third kappa shape index (κ3) is 4.04. The van der Waals surface area contributed by atoms with E-state index in [-0.39, 0.29) is 12.1 Å². The first-order valence-corrected chi connectivity index (χ1v) is 8.39. The van der Waals surface area contributed by atoms with E-state index >= 15 is 0 Å². The molecule has 5 nitrogen and oxygen atoms in total. The van der Waals surface area contributed by atoms with Crippen molar-refractivity contribution in [1.29, 1.82) is 0 Å². The summed E-state index contributed by atoms with van der Waals surface area (Å²) >= 11 is 5.85. The predicted molar refractivity (Wildman–Crippen MR) is 94.0 cm³/mol. The fourth-order valence-electron chi connectivity index (χ4n) is 3.11. The summed E-state index contributed by atoms with van der Waals surface area (Å²) in [5.41, 5.74) is 0.696. The molecular formula is C18H20ClN3O2. The maximum atomic E-state index is 12.1. The third-order valence-electron chi connectivity index (χ3n) is 4.42. The first kappa shape index (κ1) is 16.7. The topological polar surface area (TPSA) is 74.2 Å². The fourth-order valence-corrected chi connectivity index (χ4v) is 3.28. The van der Waals surface area contributed by atoms with Crippen LogP contribution in [0.1, 0.15) is 31.2 Å². The quantitative estimate of drug-likeness (QED) is 0.794. The summed E-state index contributed by atoms with van der Waals surface area (Å²) in [4.78, 5) is 16.0. The highest BCUT2D eigenvalue weighted by atomic mass is 35.5. The first-order valence-electron chi connectivity index (χ1n) is 8.01. The van der Waals surface area contributed by atoms with Crippen molar-refractivity contribution in [3.63, 3.8) is 0 Å². The van der Waals surface area contributed by atoms with Gasteiger partial charge in [0, 0.05) is 12.2 Å². The van der Waals surface area contributed by atoms with Crippen molar-refractivity contribution in [2.75, 3.05) is 5.32 Å². The highest BCUT2D eigenvalue weighted by Gasteiger charge is 2.35. The Morgan fingerprint density at radius 1 is 1.21 bits per heavy atom. The third-order valence-corrected chi connectivity index (χ3v) is 4.63. The van der Waals surface area contributed by atoms with Gasteiger partial charge in [-0.1, -0.05) is 41.9 Å². The zero-order valence-corrected chi connectivity index (χ0v) is 14.0. The number of rotatable bonds is 3. The second kappa shape index (κ2) is 7.20. The van der Waals surface area contributed by atoms with Crippen LogP contribution in [0.2, 0.25) is 5.02 Å². The summed E-state index contributed by atoms with van der Waals surface area (Å²) in [6.07, 6.45) is 5.76. The second-order valence-electron chi connectivity index (χ2n) is 6.16. The molecule has 0 aliphatic heterocycles. The molecule has 24 heavy (non-hydrogen) atoms. The summed E-state index contributed by atoms with van der Waals surface area (Å²) in [6.45, 7) is 0. The normalized spacial score (nSPS) is 23.5. The lowest BCUT2D eigenvalue weighted by Crippen LogP contribution is -2.43. The van der Waals surface area contributed by atoms with Crippen LogP contribution in [0, 0.1) is 0 Å². The number of carbonyl (C=O) groups excluding carboxylic acids is 1. The van der Waals surface area contributed by atoms with Crippen molar-refractivity contribution in [2.45, 2.75) is 37.3 Å². The Bertz CT molecular complexity index is 700. The minimum atomic E-state index is -0.799. The first-order chi connectivity index (χ1) is 11.5. The van der Waals surface area contributed by atoms with E-state index in [0.29, 0.717) is 23.6 Å². The van der Waals surface area contributed by atoms with Gasteiger partial charge >= 0.3 is 6.03 Å². The number of halogens is 1. The Morgan fingerprint density at radius 3 is 2.58 bits per heavy atom. The molecule has 1 aromatic carbocycles. The molecule has 1 saturated carbocycles. The fraction of sp³-hybridized carbons (Fsp3) is 0.333. The molecule has 0 saturated heterocycles. The van der Waals surface area contributed by atoms with E-state index < -0.39 is 5.60 Å². The summed E-state index contributed by atoms with van der Waals surface area (Å²) in [5, 5.41) is 16.9. The number of amides is 2. The van der Waals surface area contributed by atoms with Crippen LogP contribution >= 0.6 is 11.6 Å².